The molecule has 1 heterocycles. The summed E-state index contributed by atoms with van der Waals surface area (Å²) in [5.41, 5.74) is 0.118. The van der Waals surface area contributed by atoms with E-state index >= 15 is 0 Å². The Morgan fingerprint density at radius 1 is 1.55 bits per heavy atom. The van der Waals surface area contributed by atoms with E-state index in [-0.39, 0.29) is 13.1 Å². The molecule has 22 heavy (non-hydrogen) atoms. The van der Waals surface area contributed by atoms with Crippen molar-refractivity contribution in [2.45, 2.75) is 24.4 Å². The molecule has 1 atom stereocenters. The number of halogens is 1. The van der Waals surface area contributed by atoms with Crippen molar-refractivity contribution < 1.29 is 13.9 Å². The van der Waals surface area contributed by atoms with E-state index in [9.17, 15) is 9.18 Å². The molecule has 5 nitrogen and oxygen atoms in total. The van der Waals surface area contributed by atoms with Crippen molar-refractivity contribution in [1.82, 2.24) is 0 Å². The lowest BCUT2D eigenvalue weighted by Crippen LogP contribution is -2.25. The largest absolute Gasteiger partial charge is 0.442 e. The van der Waals surface area contributed by atoms with Crippen LogP contribution in [0, 0.1) is 17.1 Å². The summed E-state index contributed by atoms with van der Waals surface area (Å²) in [7, 11) is 0. The van der Waals surface area contributed by atoms with E-state index in [0.29, 0.717) is 24.1 Å². The highest BCUT2D eigenvalue weighted by Crippen LogP contribution is 2.48. The number of nitrogens with zero attached hydrogens (tertiary/aromatic N) is 3. The van der Waals surface area contributed by atoms with Gasteiger partial charge in [-0.1, -0.05) is 6.07 Å². The lowest BCUT2D eigenvalue weighted by Gasteiger charge is -2.15. The molecule has 0 aromatic heterocycles. The van der Waals surface area contributed by atoms with Crippen LogP contribution in [0.2, 0.25) is 0 Å². The number of benzene rings is 1. The van der Waals surface area contributed by atoms with Crippen LogP contribution in [0.15, 0.2) is 23.2 Å². The Hall–Kier alpha value is -2.29. The fourth-order valence-electron chi connectivity index (χ4n) is 2.59. The van der Waals surface area contributed by atoms with Crippen LogP contribution in [0.1, 0.15) is 18.4 Å². The van der Waals surface area contributed by atoms with Gasteiger partial charge < -0.3 is 4.74 Å². The molecule has 0 unspecified atom stereocenters. The minimum Gasteiger partial charge on any atom is -0.442 e. The summed E-state index contributed by atoms with van der Waals surface area (Å²) in [5, 5.41) is 11.4. The molecule has 0 spiro atoms. The first-order valence-corrected chi connectivity index (χ1v) is 7.23. The number of rotatable bonds is 4. The predicted molar refractivity (Wildman–Crippen MR) is 80.4 cm³/mol. The number of hydrogen-bond acceptors (Lipinski definition) is 5. The molecule has 1 saturated heterocycles. The summed E-state index contributed by atoms with van der Waals surface area (Å²) in [4.78, 5) is 17.0. The first-order valence-electron chi connectivity index (χ1n) is 6.83. The molecule has 0 radical (unpaired) electrons. The number of carbonyl (C=O) groups is 1. The second-order valence-electron chi connectivity index (χ2n) is 5.41. The van der Waals surface area contributed by atoms with Gasteiger partial charge in [0.1, 0.15) is 11.9 Å². The number of isothiocyanates is 1. The molecule has 0 N–H and O–H groups in total. The second kappa shape index (κ2) is 5.48. The van der Waals surface area contributed by atoms with E-state index in [4.69, 9.17) is 10.00 Å². The number of anilines is 1. The van der Waals surface area contributed by atoms with Crippen molar-refractivity contribution in [3.05, 3.63) is 29.6 Å². The number of carbonyl (C=O) groups excluding carboxylic acids is 1. The third kappa shape index (κ3) is 2.47. The molecule has 112 valence electrons. The lowest BCUT2D eigenvalue weighted by molar-refractivity contribution is 0.145. The van der Waals surface area contributed by atoms with Crippen LogP contribution in [0.25, 0.3) is 0 Å². The van der Waals surface area contributed by atoms with E-state index in [1.165, 1.54) is 11.0 Å². The fourth-order valence-corrected chi connectivity index (χ4v) is 2.67. The lowest BCUT2D eigenvalue weighted by atomic mass is 9.97. The molecule has 0 bridgehead atoms. The normalized spacial score (nSPS) is 21.7. The summed E-state index contributed by atoms with van der Waals surface area (Å²) >= 11 is 4.48. The first kappa shape index (κ1) is 14.6. The van der Waals surface area contributed by atoms with Gasteiger partial charge in [0, 0.05) is 5.56 Å². The fraction of sp³-hybridized carbons (Fsp3) is 0.400. The van der Waals surface area contributed by atoms with E-state index < -0.39 is 23.4 Å². The van der Waals surface area contributed by atoms with Gasteiger partial charge in [-0.25, -0.2) is 14.2 Å². The van der Waals surface area contributed by atoms with Crippen LogP contribution in [0.3, 0.4) is 0 Å². The number of hydrogen-bond donors (Lipinski definition) is 0. The maximum absolute atomic E-state index is 14.3. The SMILES string of the molecule is N#CC1(c2ccc(N3C[C@H](CN=C=S)OC3=O)cc2F)CC1. The van der Waals surface area contributed by atoms with E-state index in [0.717, 1.165) is 0 Å². The Labute approximate surface area is 132 Å². The number of thiocarbonyl (C=S) groups is 1. The van der Waals surface area contributed by atoms with Crippen LogP contribution >= 0.6 is 12.2 Å². The van der Waals surface area contributed by atoms with Gasteiger partial charge in [0.05, 0.1) is 35.4 Å². The quantitative estimate of drug-likeness (QED) is 0.632. The van der Waals surface area contributed by atoms with Crippen LogP contribution < -0.4 is 4.90 Å². The first-order chi connectivity index (χ1) is 10.6. The zero-order valence-electron chi connectivity index (χ0n) is 11.6. The third-order valence-electron chi connectivity index (χ3n) is 3.98. The molecule has 1 aliphatic heterocycles. The summed E-state index contributed by atoms with van der Waals surface area (Å²) in [5.74, 6) is -0.468. The van der Waals surface area contributed by atoms with Crippen LogP contribution in [0.5, 0.6) is 0 Å². The zero-order chi connectivity index (χ0) is 15.7. The van der Waals surface area contributed by atoms with E-state index in [2.05, 4.69) is 28.4 Å². The van der Waals surface area contributed by atoms with Crippen LogP contribution in [-0.4, -0.2) is 30.4 Å². The minimum atomic E-state index is -0.690. The van der Waals surface area contributed by atoms with Gasteiger partial charge in [-0.2, -0.15) is 5.26 Å². The topological polar surface area (TPSA) is 65.7 Å². The number of ether oxygens (including phenoxy) is 1. The number of cyclic esters (lactones) is 1. The van der Waals surface area contributed by atoms with Crippen molar-refractivity contribution in [1.29, 1.82) is 5.26 Å². The van der Waals surface area contributed by atoms with Crippen LogP contribution in [0.4, 0.5) is 14.9 Å². The maximum Gasteiger partial charge on any atom is 0.414 e. The van der Waals surface area contributed by atoms with Gasteiger partial charge in [0.25, 0.3) is 0 Å². The molecule has 2 fully saturated rings. The predicted octanol–water partition coefficient (Wildman–Crippen LogP) is 2.81. The van der Waals surface area contributed by atoms with Crippen molar-refractivity contribution in [3.63, 3.8) is 0 Å². The van der Waals surface area contributed by atoms with Gasteiger partial charge >= 0.3 is 6.09 Å². The van der Waals surface area contributed by atoms with E-state index in [1.807, 2.05) is 0 Å². The van der Waals surface area contributed by atoms with Crippen LogP contribution in [-0.2, 0) is 10.2 Å². The summed E-state index contributed by atoms with van der Waals surface area (Å²) in [6.45, 7) is 0.519. The highest BCUT2D eigenvalue weighted by atomic mass is 32.1. The van der Waals surface area contributed by atoms with Gasteiger partial charge in [-0.3, -0.25) is 4.90 Å². The smallest absolute Gasteiger partial charge is 0.414 e. The molecule has 1 aromatic carbocycles. The van der Waals surface area contributed by atoms with Gasteiger partial charge in [-0.15, -0.1) is 0 Å². The molecule has 1 aromatic rings. The Morgan fingerprint density at radius 2 is 2.32 bits per heavy atom. The number of aliphatic imine (C=N–C) groups is 1. The molecule has 1 aliphatic carbocycles. The molecule has 2 aliphatic rings. The van der Waals surface area contributed by atoms with Crippen molar-refractivity contribution in [2.75, 3.05) is 18.0 Å². The summed E-state index contributed by atoms with van der Waals surface area (Å²) in [6, 6.07) is 6.66. The zero-order valence-corrected chi connectivity index (χ0v) is 12.4. The summed E-state index contributed by atoms with van der Waals surface area (Å²) < 4.78 is 19.4. The van der Waals surface area contributed by atoms with Crippen molar-refractivity contribution >= 4 is 29.2 Å². The molecule has 1 saturated carbocycles. The molecule has 1 amide bonds. The highest BCUT2D eigenvalue weighted by molar-refractivity contribution is 7.78. The number of amides is 1. The average molecular weight is 317 g/mol. The average Bonchev–Trinajstić information content (AvgIpc) is 3.22. The minimum absolute atomic E-state index is 0.240. The molecule has 7 heteroatoms. The molecular formula is C15H12FN3O2S. The Bertz CT molecular complexity index is 720. The van der Waals surface area contributed by atoms with E-state index in [1.54, 1.807) is 12.1 Å². The molecule has 3 rings (SSSR count). The Balaban J connectivity index is 1.81. The van der Waals surface area contributed by atoms with Crippen molar-refractivity contribution in [2.24, 2.45) is 4.99 Å². The molecular weight excluding hydrogens is 305 g/mol. The van der Waals surface area contributed by atoms with Gasteiger partial charge in [0.2, 0.25) is 0 Å². The van der Waals surface area contributed by atoms with Gasteiger partial charge in [0.15, 0.2) is 0 Å². The second-order valence-corrected chi connectivity index (χ2v) is 5.59. The number of nitriles is 1. The van der Waals surface area contributed by atoms with Crippen molar-refractivity contribution in [3.8, 4) is 6.07 Å². The monoisotopic (exact) mass is 317 g/mol. The standard InChI is InChI=1S/C15H12FN3O2S/c16-13-5-10(1-2-12(13)15(8-17)3-4-15)19-7-11(6-18-9-22)21-14(19)20/h1-2,5,11H,3-4,6-7H2/t11-/m0/s1. The maximum atomic E-state index is 14.3. The van der Waals surface area contributed by atoms with Gasteiger partial charge in [-0.05, 0) is 37.2 Å². The highest BCUT2D eigenvalue weighted by Gasteiger charge is 2.47. The Kier molecular flexibility index (Phi) is 3.65. The summed E-state index contributed by atoms with van der Waals surface area (Å²) in [6.07, 6.45) is 0.379. The Morgan fingerprint density at radius 3 is 2.91 bits per heavy atom. The third-order valence-corrected chi connectivity index (χ3v) is 4.11.